The first-order chi connectivity index (χ1) is 7.13. The van der Waals surface area contributed by atoms with E-state index in [-0.39, 0.29) is 13.0 Å². The van der Waals surface area contributed by atoms with E-state index in [0.717, 1.165) is 12.8 Å². The molecule has 0 saturated carbocycles. The SMILES string of the molecule is CCCCN=C[C@H](O)[C@@H](O)[C@H](O)CCO. The maximum Gasteiger partial charge on any atom is 0.117 e. The van der Waals surface area contributed by atoms with Gasteiger partial charge in [0.25, 0.3) is 0 Å². The maximum absolute atomic E-state index is 9.37. The zero-order valence-electron chi connectivity index (χ0n) is 9.08. The lowest BCUT2D eigenvalue weighted by Crippen LogP contribution is -2.38. The zero-order chi connectivity index (χ0) is 11.7. The van der Waals surface area contributed by atoms with Crippen molar-refractivity contribution in [3.63, 3.8) is 0 Å². The van der Waals surface area contributed by atoms with Crippen molar-refractivity contribution < 1.29 is 20.4 Å². The number of rotatable bonds is 8. The molecule has 0 aromatic carbocycles. The summed E-state index contributed by atoms with van der Waals surface area (Å²) in [6.45, 7) is 2.42. The molecule has 0 aliphatic carbocycles. The second-order valence-corrected chi connectivity index (χ2v) is 3.47. The third-order valence-electron chi connectivity index (χ3n) is 2.07. The van der Waals surface area contributed by atoms with Crippen LogP contribution < -0.4 is 0 Å². The molecule has 0 rings (SSSR count). The Hall–Kier alpha value is -0.490. The molecule has 0 bridgehead atoms. The van der Waals surface area contributed by atoms with E-state index < -0.39 is 18.3 Å². The summed E-state index contributed by atoms with van der Waals surface area (Å²) in [5, 5.41) is 36.5. The predicted molar refractivity (Wildman–Crippen MR) is 58.0 cm³/mol. The lowest BCUT2D eigenvalue weighted by molar-refractivity contribution is -0.0411. The van der Waals surface area contributed by atoms with Crippen LogP contribution >= 0.6 is 0 Å². The third kappa shape index (κ3) is 6.57. The number of hydrogen-bond donors (Lipinski definition) is 4. The van der Waals surface area contributed by atoms with Crippen molar-refractivity contribution in [3.8, 4) is 0 Å². The molecule has 0 fully saturated rings. The molecule has 0 aromatic heterocycles. The van der Waals surface area contributed by atoms with Gasteiger partial charge in [0.15, 0.2) is 0 Å². The highest BCUT2D eigenvalue weighted by atomic mass is 16.4. The molecular weight excluding hydrogens is 198 g/mol. The van der Waals surface area contributed by atoms with Crippen molar-refractivity contribution in [1.82, 2.24) is 0 Å². The predicted octanol–water partition coefficient (Wildman–Crippen LogP) is -0.678. The van der Waals surface area contributed by atoms with Crippen molar-refractivity contribution in [2.75, 3.05) is 13.2 Å². The summed E-state index contributed by atoms with van der Waals surface area (Å²) in [6, 6.07) is 0. The molecule has 0 aliphatic heterocycles. The standard InChI is InChI=1S/C10H21NO4/c1-2-3-5-11-7-9(14)10(15)8(13)4-6-12/h7-10,12-15H,2-6H2,1H3/t8-,9+,10+/m1/s1. The largest absolute Gasteiger partial charge is 0.396 e. The van der Waals surface area contributed by atoms with Crippen LogP contribution in [0.1, 0.15) is 26.2 Å². The summed E-state index contributed by atoms with van der Waals surface area (Å²) >= 11 is 0. The molecule has 3 atom stereocenters. The molecule has 0 unspecified atom stereocenters. The van der Waals surface area contributed by atoms with Crippen LogP contribution in [0.3, 0.4) is 0 Å². The second-order valence-electron chi connectivity index (χ2n) is 3.47. The van der Waals surface area contributed by atoms with Gasteiger partial charge in [-0.05, 0) is 12.8 Å². The highest BCUT2D eigenvalue weighted by Gasteiger charge is 2.22. The second kappa shape index (κ2) is 8.79. The molecular formula is C10H21NO4. The molecule has 15 heavy (non-hydrogen) atoms. The molecule has 5 nitrogen and oxygen atoms in total. The van der Waals surface area contributed by atoms with Crippen LogP contribution in [0, 0.1) is 0 Å². The van der Waals surface area contributed by atoms with Gasteiger partial charge in [-0.25, -0.2) is 0 Å². The Labute approximate surface area is 90.1 Å². The van der Waals surface area contributed by atoms with E-state index >= 15 is 0 Å². The molecule has 0 radical (unpaired) electrons. The Morgan fingerprint density at radius 3 is 2.47 bits per heavy atom. The Morgan fingerprint density at radius 1 is 1.27 bits per heavy atom. The molecule has 0 aliphatic rings. The number of aliphatic hydroxyl groups is 4. The molecule has 0 aromatic rings. The molecule has 0 spiro atoms. The van der Waals surface area contributed by atoms with Crippen LogP contribution in [-0.2, 0) is 0 Å². The molecule has 90 valence electrons. The molecule has 0 heterocycles. The van der Waals surface area contributed by atoms with E-state index in [1.807, 2.05) is 6.92 Å². The summed E-state index contributed by atoms with van der Waals surface area (Å²) in [4.78, 5) is 3.92. The van der Waals surface area contributed by atoms with E-state index in [9.17, 15) is 15.3 Å². The van der Waals surface area contributed by atoms with E-state index in [0.29, 0.717) is 6.54 Å². The fourth-order valence-electron chi connectivity index (χ4n) is 1.05. The fourth-order valence-corrected chi connectivity index (χ4v) is 1.05. The van der Waals surface area contributed by atoms with Crippen LogP contribution in [0.5, 0.6) is 0 Å². The van der Waals surface area contributed by atoms with Gasteiger partial charge in [0.1, 0.15) is 12.2 Å². The Bertz CT molecular complexity index is 175. The zero-order valence-corrected chi connectivity index (χ0v) is 9.08. The van der Waals surface area contributed by atoms with E-state index in [2.05, 4.69) is 4.99 Å². The molecule has 4 N–H and O–H groups in total. The van der Waals surface area contributed by atoms with Gasteiger partial charge in [0.05, 0.1) is 6.10 Å². The number of hydrogen-bond acceptors (Lipinski definition) is 5. The van der Waals surface area contributed by atoms with Gasteiger partial charge in [-0.2, -0.15) is 0 Å². The first-order valence-electron chi connectivity index (χ1n) is 5.28. The first-order valence-corrected chi connectivity index (χ1v) is 5.28. The van der Waals surface area contributed by atoms with E-state index in [1.165, 1.54) is 6.21 Å². The summed E-state index contributed by atoms with van der Waals surface area (Å²) in [6.07, 6.45) is -0.364. The summed E-state index contributed by atoms with van der Waals surface area (Å²) in [5.41, 5.74) is 0. The maximum atomic E-state index is 9.37. The number of aliphatic imine (C=N–C) groups is 1. The minimum absolute atomic E-state index is 0.0427. The van der Waals surface area contributed by atoms with Gasteiger partial charge in [-0.1, -0.05) is 13.3 Å². The van der Waals surface area contributed by atoms with Crippen molar-refractivity contribution >= 4 is 6.21 Å². The molecule has 5 heteroatoms. The van der Waals surface area contributed by atoms with Gasteiger partial charge in [-0.3, -0.25) is 4.99 Å². The van der Waals surface area contributed by atoms with Gasteiger partial charge >= 0.3 is 0 Å². The average Bonchev–Trinajstić information content (AvgIpc) is 2.23. The van der Waals surface area contributed by atoms with E-state index in [4.69, 9.17) is 5.11 Å². The van der Waals surface area contributed by atoms with Crippen LogP contribution in [-0.4, -0.2) is 58.1 Å². The average molecular weight is 219 g/mol. The quantitative estimate of drug-likeness (QED) is 0.321. The van der Waals surface area contributed by atoms with Crippen LogP contribution in [0.2, 0.25) is 0 Å². The number of unbranched alkanes of at least 4 members (excludes halogenated alkanes) is 1. The van der Waals surface area contributed by atoms with Crippen molar-refractivity contribution in [3.05, 3.63) is 0 Å². The third-order valence-corrected chi connectivity index (χ3v) is 2.07. The van der Waals surface area contributed by atoms with Crippen LogP contribution in [0.4, 0.5) is 0 Å². The minimum atomic E-state index is -1.29. The first kappa shape index (κ1) is 14.5. The highest BCUT2D eigenvalue weighted by molar-refractivity contribution is 5.63. The monoisotopic (exact) mass is 219 g/mol. The van der Waals surface area contributed by atoms with Gasteiger partial charge in [0, 0.05) is 19.4 Å². The number of aliphatic hydroxyl groups excluding tert-OH is 4. The van der Waals surface area contributed by atoms with Crippen molar-refractivity contribution in [1.29, 1.82) is 0 Å². The summed E-state index contributed by atoms with van der Waals surface area (Å²) in [7, 11) is 0. The molecule has 0 amide bonds. The van der Waals surface area contributed by atoms with Gasteiger partial charge in [0.2, 0.25) is 0 Å². The van der Waals surface area contributed by atoms with Crippen molar-refractivity contribution in [2.24, 2.45) is 4.99 Å². The van der Waals surface area contributed by atoms with Gasteiger partial charge in [-0.15, -0.1) is 0 Å². The van der Waals surface area contributed by atoms with Crippen molar-refractivity contribution in [2.45, 2.75) is 44.5 Å². The topological polar surface area (TPSA) is 93.3 Å². The Balaban J connectivity index is 3.86. The highest BCUT2D eigenvalue weighted by Crippen LogP contribution is 2.02. The Kier molecular flexibility index (Phi) is 8.50. The summed E-state index contributed by atoms with van der Waals surface area (Å²) in [5.74, 6) is 0. The lowest BCUT2D eigenvalue weighted by Gasteiger charge is -2.19. The summed E-state index contributed by atoms with van der Waals surface area (Å²) < 4.78 is 0. The smallest absolute Gasteiger partial charge is 0.117 e. The minimum Gasteiger partial charge on any atom is -0.396 e. The van der Waals surface area contributed by atoms with Gasteiger partial charge < -0.3 is 20.4 Å². The number of nitrogens with zero attached hydrogens (tertiary/aromatic N) is 1. The van der Waals surface area contributed by atoms with Crippen LogP contribution in [0.15, 0.2) is 4.99 Å². The molecule has 0 saturated heterocycles. The normalized spacial score (nSPS) is 17.9. The Morgan fingerprint density at radius 2 is 1.93 bits per heavy atom. The lowest BCUT2D eigenvalue weighted by atomic mass is 10.1. The van der Waals surface area contributed by atoms with Crippen LogP contribution in [0.25, 0.3) is 0 Å². The fraction of sp³-hybridized carbons (Fsp3) is 0.900. The van der Waals surface area contributed by atoms with E-state index in [1.54, 1.807) is 0 Å².